The minimum Gasteiger partial charge on any atom is -0.460 e. The standard InChI is InChI=1S/C11H12N4O2S/c1-3-17-11(16)9-13-5-4-7(14-9)10-15-8(12)6(2)18-10/h4-5H,3,12H2,1-2H3. The topological polar surface area (TPSA) is 91.0 Å². The van der Waals surface area contributed by atoms with E-state index in [1.54, 1.807) is 13.0 Å². The van der Waals surface area contributed by atoms with Crippen molar-refractivity contribution in [1.82, 2.24) is 15.0 Å². The molecule has 0 spiro atoms. The van der Waals surface area contributed by atoms with Crippen LogP contribution in [0.25, 0.3) is 10.7 Å². The smallest absolute Gasteiger partial charge is 0.376 e. The molecule has 7 heteroatoms. The summed E-state index contributed by atoms with van der Waals surface area (Å²) in [7, 11) is 0. The average Bonchev–Trinajstić information content (AvgIpc) is 2.70. The molecule has 0 saturated heterocycles. The van der Waals surface area contributed by atoms with Crippen molar-refractivity contribution < 1.29 is 9.53 Å². The Bertz CT molecular complexity index is 563. The van der Waals surface area contributed by atoms with Crippen molar-refractivity contribution in [2.45, 2.75) is 13.8 Å². The van der Waals surface area contributed by atoms with Crippen molar-refractivity contribution in [3.8, 4) is 10.7 Å². The van der Waals surface area contributed by atoms with E-state index in [2.05, 4.69) is 15.0 Å². The Labute approximate surface area is 108 Å². The van der Waals surface area contributed by atoms with Gasteiger partial charge in [0.25, 0.3) is 0 Å². The molecule has 0 fully saturated rings. The Hall–Kier alpha value is -2.02. The van der Waals surface area contributed by atoms with Crippen molar-refractivity contribution in [2.75, 3.05) is 12.3 Å². The number of nitrogens with two attached hydrogens (primary N) is 1. The number of rotatable bonds is 3. The third kappa shape index (κ3) is 2.45. The molecule has 2 aromatic heterocycles. The predicted molar refractivity (Wildman–Crippen MR) is 68.2 cm³/mol. The van der Waals surface area contributed by atoms with Crippen LogP contribution in [0.4, 0.5) is 5.82 Å². The third-order valence-electron chi connectivity index (χ3n) is 2.17. The number of esters is 1. The van der Waals surface area contributed by atoms with Crippen LogP contribution in [0.2, 0.25) is 0 Å². The van der Waals surface area contributed by atoms with Crippen molar-refractivity contribution in [3.05, 3.63) is 23.0 Å². The van der Waals surface area contributed by atoms with Crippen LogP contribution >= 0.6 is 11.3 Å². The number of ether oxygens (including phenoxy) is 1. The highest BCUT2D eigenvalue weighted by Gasteiger charge is 2.14. The number of hydrogen-bond acceptors (Lipinski definition) is 7. The van der Waals surface area contributed by atoms with Gasteiger partial charge < -0.3 is 10.5 Å². The SMILES string of the molecule is CCOC(=O)c1nccc(-c2nc(N)c(C)s2)n1. The van der Waals surface area contributed by atoms with E-state index in [1.165, 1.54) is 17.5 Å². The summed E-state index contributed by atoms with van der Waals surface area (Å²) in [6, 6.07) is 1.68. The zero-order chi connectivity index (χ0) is 13.1. The van der Waals surface area contributed by atoms with Gasteiger partial charge >= 0.3 is 5.97 Å². The van der Waals surface area contributed by atoms with Crippen LogP contribution in [0.1, 0.15) is 22.4 Å². The van der Waals surface area contributed by atoms with E-state index in [0.717, 1.165) is 4.88 Å². The molecule has 2 rings (SSSR count). The number of carbonyl (C=O) groups excluding carboxylic acids is 1. The summed E-state index contributed by atoms with van der Waals surface area (Å²) < 4.78 is 4.84. The lowest BCUT2D eigenvalue weighted by atomic mass is 10.4. The first-order valence-electron chi connectivity index (χ1n) is 5.35. The molecular weight excluding hydrogens is 252 g/mol. The molecule has 0 saturated carbocycles. The minimum absolute atomic E-state index is 0.0285. The number of hydrogen-bond donors (Lipinski definition) is 1. The summed E-state index contributed by atoms with van der Waals surface area (Å²) in [6.45, 7) is 3.90. The first kappa shape index (κ1) is 12.4. The number of aromatic nitrogens is 3. The van der Waals surface area contributed by atoms with Gasteiger partial charge in [0, 0.05) is 11.1 Å². The second kappa shape index (κ2) is 5.09. The van der Waals surface area contributed by atoms with Gasteiger partial charge in [-0.2, -0.15) is 0 Å². The van der Waals surface area contributed by atoms with Gasteiger partial charge in [-0.25, -0.2) is 19.7 Å². The monoisotopic (exact) mass is 264 g/mol. The number of nitrogen functional groups attached to an aromatic ring is 1. The molecule has 2 aromatic rings. The Kier molecular flexibility index (Phi) is 3.52. The van der Waals surface area contributed by atoms with E-state index < -0.39 is 5.97 Å². The van der Waals surface area contributed by atoms with Crippen LogP contribution < -0.4 is 5.73 Å². The highest BCUT2D eigenvalue weighted by molar-refractivity contribution is 7.15. The summed E-state index contributed by atoms with van der Waals surface area (Å²) in [5.74, 6) is -0.0346. The highest BCUT2D eigenvalue weighted by atomic mass is 32.1. The quantitative estimate of drug-likeness (QED) is 0.848. The fourth-order valence-electron chi connectivity index (χ4n) is 1.29. The maximum atomic E-state index is 11.5. The van der Waals surface area contributed by atoms with Gasteiger partial charge in [0.05, 0.1) is 6.61 Å². The van der Waals surface area contributed by atoms with Crippen molar-refractivity contribution in [3.63, 3.8) is 0 Å². The van der Waals surface area contributed by atoms with Gasteiger partial charge in [-0.1, -0.05) is 0 Å². The van der Waals surface area contributed by atoms with Crippen molar-refractivity contribution >= 4 is 23.1 Å². The predicted octanol–water partition coefficient (Wildman–Crippen LogP) is 1.67. The lowest BCUT2D eigenvalue weighted by Crippen LogP contribution is -2.09. The molecule has 94 valence electrons. The molecule has 0 amide bonds. The van der Waals surface area contributed by atoms with Gasteiger partial charge in [0.15, 0.2) is 0 Å². The summed E-state index contributed by atoms with van der Waals surface area (Å²) in [4.78, 5) is 24.6. The van der Waals surface area contributed by atoms with Crippen molar-refractivity contribution in [2.24, 2.45) is 0 Å². The van der Waals surface area contributed by atoms with Gasteiger partial charge in [-0.3, -0.25) is 0 Å². The maximum Gasteiger partial charge on any atom is 0.376 e. The average molecular weight is 264 g/mol. The maximum absolute atomic E-state index is 11.5. The third-order valence-corrected chi connectivity index (χ3v) is 3.17. The number of carbonyl (C=O) groups is 1. The minimum atomic E-state index is -0.541. The second-order valence-corrected chi connectivity index (χ2v) is 4.65. The summed E-state index contributed by atoms with van der Waals surface area (Å²) in [6.07, 6.45) is 1.50. The van der Waals surface area contributed by atoms with Gasteiger partial charge in [-0.05, 0) is 19.9 Å². The van der Waals surface area contributed by atoms with E-state index in [9.17, 15) is 4.79 Å². The molecule has 0 unspecified atom stereocenters. The number of anilines is 1. The zero-order valence-corrected chi connectivity index (χ0v) is 10.8. The van der Waals surface area contributed by atoms with Crippen LogP contribution in [0, 0.1) is 6.92 Å². The van der Waals surface area contributed by atoms with Gasteiger partial charge in [0.2, 0.25) is 5.82 Å². The molecular formula is C11H12N4O2S. The van der Waals surface area contributed by atoms with Crippen LogP contribution in [0.5, 0.6) is 0 Å². The highest BCUT2D eigenvalue weighted by Crippen LogP contribution is 2.27. The largest absolute Gasteiger partial charge is 0.460 e. The van der Waals surface area contributed by atoms with Crippen LogP contribution in [-0.2, 0) is 4.74 Å². The molecule has 0 aliphatic rings. The molecule has 0 radical (unpaired) electrons. The van der Waals surface area contributed by atoms with Crippen LogP contribution in [0.3, 0.4) is 0 Å². The first-order valence-corrected chi connectivity index (χ1v) is 6.17. The van der Waals surface area contributed by atoms with Crippen LogP contribution in [0.15, 0.2) is 12.3 Å². The van der Waals surface area contributed by atoms with Crippen LogP contribution in [-0.4, -0.2) is 27.5 Å². The molecule has 0 aromatic carbocycles. The van der Waals surface area contributed by atoms with Crippen molar-refractivity contribution in [1.29, 1.82) is 0 Å². The second-order valence-electron chi connectivity index (χ2n) is 3.45. The molecule has 6 nitrogen and oxygen atoms in total. The molecule has 0 atom stereocenters. The first-order chi connectivity index (χ1) is 8.61. The normalized spacial score (nSPS) is 10.3. The van der Waals surface area contributed by atoms with Gasteiger partial charge in [0.1, 0.15) is 16.5 Å². The fourth-order valence-corrected chi connectivity index (χ4v) is 2.09. The number of thiazole rings is 1. The molecule has 0 aliphatic carbocycles. The molecule has 0 aliphatic heterocycles. The van der Waals surface area contributed by atoms with E-state index in [4.69, 9.17) is 10.5 Å². The van der Waals surface area contributed by atoms with E-state index in [-0.39, 0.29) is 12.4 Å². The fraction of sp³-hybridized carbons (Fsp3) is 0.273. The van der Waals surface area contributed by atoms with E-state index >= 15 is 0 Å². The summed E-state index contributed by atoms with van der Waals surface area (Å²) in [5, 5.41) is 0.665. The van der Waals surface area contributed by atoms with Gasteiger partial charge in [-0.15, -0.1) is 11.3 Å². The van der Waals surface area contributed by atoms with E-state index in [1.807, 2.05) is 6.92 Å². The Balaban J connectivity index is 2.35. The Morgan fingerprint density at radius 1 is 1.50 bits per heavy atom. The number of aryl methyl sites for hydroxylation is 1. The lowest BCUT2D eigenvalue weighted by molar-refractivity contribution is 0.0512. The Morgan fingerprint density at radius 3 is 2.89 bits per heavy atom. The van der Waals surface area contributed by atoms with E-state index in [0.29, 0.717) is 16.5 Å². The lowest BCUT2D eigenvalue weighted by Gasteiger charge is -2.01. The molecule has 18 heavy (non-hydrogen) atoms. The Morgan fingerprint density at radius 2 is 2.28 bits per heavy atom. The number of nitrogens with zero attached hydrogens (tertiary/aromatic N) is 3. The summed E-state index contributed by atoms with van der Waals surface area (Å²) in [5.41, 5.74) is 6.26. The zero-order valence-electron chi connectivity index (χ0n) is 10.0. The molecule has 2 N–H and O–H groups in total. The molecule has 2 heterocycles. The molecule has 0 bridgehead atoms. The summed E-state index contributed by atoms with van der Waals surface area (Å²) >= 11 is 1.42.